The van der Waals surface area contributed by atoms with E-state index < -0.39 is 0 Å². The Hall–Kier alpha value is -0.780. The van der Waals surface area contributed by atoms with E-state index in [-0.39, 0.29) is 0 Å². The highest BCUT2D eigenvalue weighted by molar-refractivity contribution is 5.21. The van der Waals surface area contributed by atoms with Crippen molar-refractivity contribution in [3.05, 3.63) is 35.9 Å². The minimum atomic E-state index is 0.369. The van der Waals surface area contributed by atoms with Gasteiger partial charge in [0.1, 0.15) is 0 Å². The number of benzene rings is 1. The third kappa shape index (κ3) is 4.93. The van der Waals surface area contributed by atoms with E-state index >= 15 is 0 Å². The second-order valence-corrected chi connectivity index (χ2v) is 6.18. The van der Waals surface area contributed by atoms with E-state index in [1.807, 2.05) is 0 Å². The normalized spacial score (nSPS) is 13.6. The summed E-state index contributed by atoms with van der Waals surface area (Å²) in [6.45, 7) is 9.37. The van der Waals surface area contributed by atoms with Crippen molar-refractivity contribution in [1.82, 2.24) is 0 Å². The minimum Gasteiger partial charge on any atom is -0.0654 e. The summed E-state index contributed by atoms with van der Waals surface area (Å²) in [6, 6.07) is 11.0. The van der Waals surface area contributed by atoms with Crippen LogP contribution in [0.4, 0.5) is 0 Å². The van der Waals surface area contributed by atoms with E-state index in [2.05, 4.69) is 58.0 Å². The molecule has 0 heteroatoms. The van der Waals surface area contributed by atoms with Crippen molar-refractivity contribution in [3.8, 4) is 0 Å². The van der Waals surface area contributed by atoms with Gasteiger partial charge in [-0.05, 0) is 23.3 Å². The Morgan fingerprint density at radius 3 is 2.12 bits per heavy atom. The number of rotatable bonds is 6. The van der Waals surface area contributed by atoms with Gasteiger partial charge in [0.15, 0.2) is 0 Å². The molecule has 0 aliphatic carbocycles. The van der Waals surface area contributed by atoms with E-state index in [0.29, 0.717) is 11.3 Å². The summed E-state index contributed by atoms with van der Waals surface area (Å²) in [7, 11) is 0. The van der Waals surface area contributed by atoms with Gasteiger partial charge in [0, 0.05) is 0 Å². The number of unbranched alkanes of at least 4 members (excludes halogenated alkanes) is 3. The zero-order valence-corrected chi connectivity index (χ0v) is 12.0. The van der Waals surface area contributed by atoms with Gasteiger partial charge in [-0.1, -0.05) is 83.7 Å². The van der Waals surface area contributed by atoms with Crippen LogP contribution >= 0.6 is 0 Å². The third-order valence-electron chi connectivity index (χ3n) is 3.59. The third-order valence-corrected chi connectivity index (χ3v) is 3.59. The van der Waals surface area contributed by atoms with E-state index in [1.165, 1.54) is 37.7 Å². The summed E-state index contributed by atoms with van der Waals surface area (Å²) in [5.41, 5.74) is 1.88. The quantitative estimate of drug-likeness (QED) is 0.545. The Labute approximate surface area is 107 Å². The maximum absolute atomic E-state index is 2.37. The van der Waals surface area contributed by atoms with E-state index in [9.17, 15) is 0 Å². The summed E-state index contributed by atoms with van der Waals surface area (Å²) < 4.78 is 0. The topological polar surface area (TPSA) is 0 Å². The molecule has 1 atom stereocenters. The van der Waals surface area contributed by atoms with Gasteiger partial charge in [0.05, 0.1) is 0 Å². The minimum absolute atomic E-state index is 0.369. The lowest BCUT2D eigenvalue weighted by Crippen LogP contribution is -2.18. The summed E-state index contributed by atoms with van der Waals surface area (Å²) in [6.07, 6.45) is 6.78. The highest BCUT2D eigenvalue weighted by atomic mass is 14.3. The average Bonchev–Trinajstić information content (AvgIpc) is 2.28. The molecule has 96 valence electrons. The van der Waals surface area contributed by atoms with Gasteiger partial charge in [-0.15, -0.1) is 0 Å². The van der Waals surface area contributed by atoms with Crippen LogP contribution in [0.5, 0.6) is 0 Å². The van der Waals surface area contributed by atoms with Crippen LogP contribution in [-0.2, 0) is 0 Å². The molecule has 0 bridgehead atoms. The molecule has 0 saturated heterocycles. The fourth-order valence-corrected chi connectivity index (χ4v) is 2.56. The van der Waals surface area contributed by atoms with Gasteiger partial charge in [-0.2, -0.15) is 0 Å². The van der Waals surface area contributed by atoms with Gasteiger partial charge < -0.3 is 0 Å². The first kappa shape index (κ1) is 14.3. The second-order valence-electron chi connectivity index (χ2n) is 6.18. The van der Waals surface area contributed by atoms with Crippen LogP contribution in [0.15, 0.2) is 30.3 Å². The van der Waals surface area contributed by atoms with Crippen molar-refractivity contribution >= 4 is 0 Å². The molecule has 1 aromatic carbocycles. The maximum atomic E-state index is 2.37. The number of hydrogen-bond donors (Lipinski definition) is 0. The molecule has 0 heterocycles. The molecule has 0 saturated carbocycles. The SMILES string of the molecule is CCCCCCC(c1ccccc1)C(C)(C)C. The van der Waals surface area contributed by atoms with Crippen molar-refractivity contribution < 1.29 is 0 Å². The van der Waals surface area contributed by atoms with E-state index in [1.54, 1.807) is 0 Å². The highest BCUT2D eigenvalue weighted by Gasteiger charge is 2.25. The van der Waals surface area contributed by atoms with Crippen LogP contribution in [0.1, 0.15) is 71.3 Å². The van der Waals surface area contributed by atoms with Crippen molar-refractivity contribution in [1.29, 1.82) is 0 Å². The largest absolute Gasteiger partial charge is 0.0654 e. The van der Waals surface area contributed by atoms with Crippen molar-refractivity contribution in [3.63, 3.8) is 0 Å². The fraction of sp³-hybridized carbons (Fsp3) is 0.647. The zero-order chi connectivity index (χ0) is 12.7. The summed E-state index contributed by atoms with van der Waals surface area (Å²) in [5.74, 6) is 0.695. The standard InChI is InChI=1S/C17H28/c1-5-6-7-11-14-16(17(2,3)4)15-12-9-8-10-13-15/h8-10,12-13,16H,5-7,11,14H2,1-4H3. The van der Waals surface area contributed by atoms with Crippen LogP contribution in [0.25, 0.3) is 0 Å². The molecule has 0 radical (unpaired) electrons. The predicted molar refractivity (Wildman–Crippen MR) is 77.4 cm³/mol. The molecule has 0 aliphatic rings. The van der Waals surface area contributed by atoms with E-state index in [4.69, 9.17) is 0 Å². The second kappa shape index (κ2) is 6.83. The van der Waals surface area contributed by atoms with Crippen molar-refractivity contribution in [2.45, 2.75) is 65.7 Å². The van der Waals surface area contributed by atoms with Crippen molar-refractivity contribution in [2.75, 3.05) is 0 Å². The molecule has 0 spiro atoms. The molecule has 0 N–H and O–H groups in total. The molecule has 17 heavy (non-hydrogen) atoms. The van der Waals surface area contributed by atoms with Gasteiger partial charge in [0.25, 0.3) is 0 Å². The first-order valence-electron chi connectivity index (χ1n) is 7.10. The molecule has 1 unspecified atom stereocenters. The molecular formula is C17H28. The Morgan fingerprint density at radius 2 is 1.59 bits per heavy atom. The average molecular weight is 232 g/mol. The summed E-state index contributed by atoms with van der Waals surface area (Å²) in [4.78, 5) is 0. The fourth-order valence-electron chi connectivity index (χ4n) is 2.56. The van der Waals surface area contributed by atoms with Crippen LogP contribution < -0.4 is 0 Å². The predicted octanol–water partition coefficient (Wildman–Crippen LogP) is 5.79. The first-order chi connectivity index (χ1) is 8.05. The Balaban J connectivity index is 2.63. The summed E-state index contributed by atoms with van der Waals surface area (Å²) >= 11 is 0. The maximum Gasteiger partial charge on any atom is -0.0113 e. The Morgan fingerprint density at radius 1 is 0.941 bits per heavy atom. The molecule has 1 aromatic rings. The van der Waals surface area contributed by atoms with Crippen LogP contribution in [0, 0.1) is 5.41 Å². The van der Waals surface area contributed by atoms with Crippen molar-refractivity contribution in [2.24, 2.45) is 5.41 Å². The lowest BCUT2D eigenvalue weighted by molar-refractivity contribution is 0.297. The first-order valence-corrected chi connectivity index (χ1v) is 7.10. The molecule has 0 nitrogen and oxygen atoms in total. The van der Waals surface area contributed by atoms with Crippen LogP contribution in [0.3, 0.4) is 0 Å². The van der Waals surface area contributed by atoms with Gasteiger partial charge in [0.2, 0.25) is 0 Å². The number of hydrogen-bond acceptors (Lipinski definition) is 0. The van der Waals surface area contributed by atoms with Gasteiger partial charge >= 0.3 is 0 Å². The monoisotopic (exact) mass is 232 g/mol. The summed E-state index contributed by atoms with van der Waals surface area (Å²) in [5, 5.41) is 0. The molecule has 0 aromatic heterocycles. The molecule has 0 aliphatic heterocycles. The highest BCUT2D eigenvalue weighted by Crippen LogP contribution is 2.38. The Kier molecular flexibility index (Phi) is 5.74. The smallest absolute Gasteiger partial charge is 0.0113 e. The zero-order valence-electron chi connectivity index (χ0n) is 12.0. The van der Waals surface area contributed by atoms with Crippen LogP contribution in [0.2, 0.25) is 0 Å². The van der Waals surface area contributed by atoms with Gasteiger partial charge in [-0.3, -0.25) is 0 Å². The molecular weight excluding hydrogens is 204 g/mol. The van der Waals surface area contributed by atoms with Crippen LogP contribution in [-0.4, -0.2) is 0 Å². The molecule has 1 rings (SSSR count). The lowest BCUT2D eigenvalue weighted by Gasteiger charge is -2.31. The lowest BCUT2D eigenvalue weighted by atomic mass is 9.74. The van der Waals surface area contributed by atoms with E-state index in [0.717, 1.165) is 0 Å². The molecule has 0 fully saturated rings. The Bertz CT molecular complexity index is 292. The molecule has 0 amide bonds. The van der Waals surface area contributed by atoms with Gasteiger partial charge in [-0.25, -0.2) is 0 Å².